The predicted octanol–water partition coefficient (Wildman–Crippen LogP) is 5.27. The van der Waals surface area contributed by atoms with Crippen molar-refractivity contribution in [1.29, 1.82) is 0 Å². The van der Waals surface area contributed by atoms with E-state index in [4.69, 9.17) is 4.74 Å². The minimum Gasteiger partial charge on any atom is -0.467 e. The third-order valence-corrected chi connectivity index (χ3v) is 5.94. The number of methoxy groups -OCH3 is 1. The average Bonchev–Trinajstić information content (AvgIpc) is 2.77. The Hall–Kier alpha value is -3.18. The Morgan fingerprint density at radius 1 is 0.900 bits per heavy atom. The molecule has 0 saturated carbocycles. The zero-order valence-corrected chi connectivity index (χ0v) is 18.0. The standard InChI is InChI=1S/C25H20BrNO3/c1-30-25(29)22(15-18-10-4-7-13-21(18)26)27-24(28)23-19-11-5-2-8-16(19)14-17-9-3-6-12-20(17)23/h2-14,22H,15H2,1H3,(H,27,28)/t22-/m0/s1. The van der Waals surface area contributed by atoms with Crippen molar-refractivity contribution in [2.24, 2.45) is 0 Å². The van der Waals surface area contributed by atoms with Crippen LogP contribution in [-0.4, -0.2) is 25.0 Å². The predicted molar refractivity (Wildman–Crippen MR) is 123 cm³/mol. The average molecular weight is 462 g/mol. The van der Waals surface area contributed by atoms with Gasteiger partial charge < -0.3 is 10.1 Å². The van der Waals surface area contributed by atoms with Crippen LogP contribution in [0, 0.1) is 0 Å². The van der Waals surface area contributed by atoms with Crippen LogP contribution in [0.15, 0.2) is 83.3 Å². The summed E-state index contributed by atoms with van der Waals surface area (Å²) in [5.74, 6) is -0.783. The number of halogens is 1. The number of fused-ring (bicyclic) bond motifs is 2. The first-order valence-electron chi connectivity index (χ1n) is 9.61. The second-order valence-electron chi connectivity index (χ2n) is 7.04. The molecule has 0 bridgehead atoms. The minimum atomic E-state index is -0.807. The van der Waals surface area contributed by atoms with Gasteiger partial charge in [0.2, 0.25) is 0 Å². The van der Waals surface area contributed by atoms with Crippen LogP contribution in [0.4, 0.5) is 0 Å². The van der Waals surface area contributed by atoms with Crippen LogP contribution >= 0.6 is 15.9 Å². The van der Waals surface area contributed by atoms with Gasteiger partial charge in [-0.3, -0.25) is 4.79 Å². The Kier molecular flexibility index (Phi) is 5.81. The van der Waals surface area contributed by atoms with E-state index >= 15 is 0 Å². The van der Waals surface area contributed by atoms with Gasteiger partial charge in [-0.1, -0.05) is 82.7 Å². The van der Waals surface area contributed by atoms with Gasteiger partial charge in [-0.2, -0.15) is 0 Å². The maximum Gasteiger partial charge on any atom is 0.328 e. The van der Waals surface area contributed by atoms with Crippen molar-refractivity contribution < 1.29 is 14.3 Å². The van der Waals surface area contributed by atoms with Gasteiger partial charge in [0.15, 0.2) is 0 Å². The Bertz CT molecular complexity index is 1200. The largest absolute Gasteiger partial charge is 0.467 e. The fourth-order valence-electron chi connectivity index (χ4n) is 3.71. The molecular formula is C25H20BrNO3. The summed E-state index contributed by atoms with van der Waals surface area (Å²) in [6.07, 6.45) is 0.322. The van der Waals surface area contributed by atoms with Crippen molar-refractivity contribution in [3.05, 3.63) is 94.5 Å². The lowest BCUT2D eigenvalue weighted by Gasteiger charge is -2.19. The third kappa shape index (κ3) is 3.94. The van der Waals surface area contributed by atoms with Crippen LogP contribution < -0.4 is 5.32 Å². The quantitative estimate of drug-likeness (QED) is 0.325. The number of hydrogen-bond donors (Lipinski definition) is 1. The Balaban J connectivity index is 1.76. The first-order valence-corrected chi connectivity index (χ1v) is 10.4. The van der Waals surface area contributed by atoms with Gasteiger partial charge in [0.25, 0.3) is 5.91 Å². The van der Waals surface area contributed by atoms with Crippen LogP contribution in [0.25, 0.3) is 21.5 Å². The maximum absolute atomic E-state index is 13.4. The van der Waals surface area contributed by atoms with E-state index in [9.17, 15) is 9.59 Å². The summed E-state index contributed by atoms with van der Waals surface area (Å²) in [5, 5.41) is 6.55. The number of nitrogens with one attached hydrogen (secondary N) is 1. The fraction of sp³-hybridized carbons (Fsp3) is 0.120. The van der Waals surface area contributed by atoms with Gasteiger partial charge in [0.05, 0.1) is 12.7 Å². The Labute approximate surface area is 183 Å². The summed E-state index contributed by atoms with van der Waals surface area (Å²) < 4.78 is 5.85. The molecule has 0 saturated heterocycles. The summed E-state index contributed by atoms with van der Waals surface area (Å²) in [5.41, 5.74) is 1.47. The molecule has 4 aromatic carbocycles. The lowest BCUT2D eigenvalue weighted by molar-refractivity contribution is -0.142. The zero-order chi connectivity index (χ0) is 21.1. The van der Waals surface area contributed by atoms with Gasteiger partial charge >= 0.3 is 5.97 Å². The molecule has 1 atom stereocenters. The number of ether oxygens (including phenoxy) is 1. The van der Waals surface area contributed by atoms with Crippen molar-refractivity contribution >= 4 is 49.4 Å². The van der Waals surface area contributed by atoms with E-state index in [-0.39, 0.29) is 5.91 Å². The lowest BCUT2D eigenvalue weighted by Crippen LogP contribution is -2.43. The number of hydrogen-bond acceptors (Lipinski definition) is 3. The molecule has 4 aromatic rings. The van der Waals surface area contributed by atoms with Crippen molar-refractivity contribution in [3.63, 3.8) is 0 Å². The SMILES string of the molecule is COC(=O)[C@H](Cc1ccccc1Br)NC(=O)c1c2ccccc2cc2ccccc12. The third-order valence-electron chi connectivity index (χ3n) is 5.17. The minimum absolute atomic E-state index is 0.301. The molecule has 0 aliphatic carbocycles. The number of esters is 1. The molecule has 4 nitrogen and oxygen atoms in total. The Morgan fingerprint density at radius 3 is 2.07 bits per heavy atom. The van der Waals surface area contributed by atoms with Gasteiger partial charge in [-0.05, 0) is 39.2 Å². The van der Waals surface area contributed by atoms with E-state index in [2.05, 4.69) is 27.3 Å². The number of rotatable bonds is 5. The molecule has 0 fully saturated rings. The van der Waals surface area contributed by atoms with Crippen LogP contribution in [0.1, 0.15) is 15.9 Å². The molecule has 0 radical (unpaired) electrons. The zero-order valence-electron chi connectivity index (χ0n) is 16.4. The highest BCUT2D eigenvalue weighted by Crippen LogP contribution is 2.28. The molecule has 150 valence electrons. The Morgan fingerprint density at radius 2 is 1.47 bits per heavy atom. The number of benzene rings is 4. The van der Waals surface area contributed by atoms with Crippen molar-refractivity contribution in [3.8, 4) is 0 Å². The molecule has 0 heterocycles. The van der Waals surface area contributed by atoms with E-state index < -0.39 is 12.0 Å². The van der Waals surface area contributed by atoms with Crippen LogP contribution in [0.2, 0.25) is 0 Å². The molecule has 0 aromatic heterocycles. The molecule has 0 aliphatic heterocycles. The van der Waals surface area contributed by atoms with Crippen LogP contribution in [0.3, 0.4) is 0 Å². The summed E-state index contributed by atoms with van der Waals surface area (Å²) in [6.45, 7) is 0. The number of carbonyl (C=O) groups is 2. The van der Waals surface area contributed by atoms with E-state index in [0.29, 0.717) is 12.0 Å². The number of amides is 1. The summed E-state index contributed by atoms with van der Waals surface area (Å²) >= 11 is 3.51. The van der Waals surface area contributed by atoms with E-state index in [1.165, 1.54) is 7.11 Å². The molecule has 0 spiro atoms. The topological polar surface area (TPSA) is 55.4 Å². The summed E-state index contributed by atoms with van der Waals surface area (Å²) in [4.78, 5) is 25.9. The van der Waals surface area contributed by atoms with Crippen molar-refractivity contribution in [1.82, 2.24) is 5.32 Å². The molecule has 0 aliphatic rings. The van der Waals surface area contributed by atoms with E-state index in [0.717, 1.165) is 31.6 Å². The maximum atomic E-state index is 13.4. The molecule has 1 amide bonds. The first kappa shape index (κ1) is 20.1. The van der Waals surface area contributed by atoms with Gasteiger partial charge in [-0.25, -0.2) is 4.79 Å². The second-order valence-corrected chi connectivity index (χ2v) is 7.89. The highest BCUT2D eigenvalue weighted by atomic mass is 79.9. The summed E-state index contributed by atoms with van der Waals surface area (Å²) in [6, 6.07) is 24.4. The molecule has 0 unspecified atom stereocenters. The van der Waals surface area contributed by atoms with Crippen molar-refractivity contribution in [2.45, 2.75) is 12.5 Å². The second kappa shape index (κ2) is 8.67. The molecular weight excluding hydrogens is 442 g/mol. The van der Waals surface area contributed by atoms with Crippen molar-refractivity contribution in [2.75, 3.05) is 7.11 Å². The smallest absolute Gasteiger partial charge is 0.328 e. The molecule has 4 rings (SSSR count). The monoisotopic (exact) mass is 461 g/mol. The van der Waals surface area contributed by atoms with Gasteiger partial charge in [0.1, 0.15) is 6.04 Å². The van der Waals surface area contributed by atoms with Gasteiger partial charge in [0, 0.05) is 10.9 Å². The normalized spacial score (nSPS) is 11.9. The highest BCUT2D eigenvalue weighted by molar-refractivity contribution is 9.10. The van der Waals surface area contributed by atoms with Crippen LogP contribution in [-0.2, 0) is 16.0 Å². The highest BCUT2D eigenvalue weighted by Gasteiger charge is 2.25. The first-order chi connectivity index (χ1) is 14.6. The molecule has 5 heteroatoms. The lowest BCUT2D eigenvalue weighted by atomic mass is 9.95. The van der Waals surface area contributed by atoms with E-state index in [1.54, 1.807) is 0 Å². The van der Waals surface area contributed by atoms with E-state index in [1.807, 2.05) is 72.8 Å². The van der Waals surface area contributed by atoms with Gasteiger partial charge in [-0.15, -0.1) is 0 Å². The summed E-state index contributed by atoms with van der Waals surface area (Å²) in [7, 11) is 1.33. The van der Waals surface area contributed by atoms with Crippen LogP contribution in [0.5, 0.6) is 0 Å². The molecule has 30 heavy (non-hydrogen) atoms. The molecule has 1 N–H and O–H groups in total. The number of carbonyl (C=O) groups excluding carboxylic acids is 2. The fourth-order valence-corrected chi connectivity index (χ4v) is 4.15.